The van der Waals surface area contributed by atoms with Crippen LogP contribution < -0.4 is 10.6 Å². The second kappa shape index (κ2) is 5.16. The molecule has 0 aliphatic carbocycles. The molecule has 0 bridgehead atoms. The van der Waals surface area contributed by atoms with Gasteiger partial charge in [0.05, 0.1) is 4.92 Å². The smallest absolute Gasteiger partial charge is 0.353 e. The van der Waals surface area contributed by atoms with E-state index in [1.165, 1.54) is 6.33 Å². The Morgan fingerprint density at radius 3 is 2.94 bits per heavy atom. The minimum Gasteiger partial charge on any atom is -0.378 e. The molecular formula is C11H17N5O2. The van der Waals surface area contributed by atoms with E-state index in [9.17, 15) is 10.1 Å². The summed E-state index contributed by atoms with van der Waals surface area (Å²) in [6, 6.07) is 0. The molecule has 0 aromatic carbocycles. The van der Waals surface area contributed by atoms with Crippen LogP contribution in [0.4, 0.5) is 17.3 Å². The summed E-state index contributed by atoms with van der Waals surface area (Å²) in [5.41, 5.74) is 5.40. The first-order valence-corrected chi connectivity index (χ1v) is 6.09. The van der Waals surface area contributed by atoms with Crippen LogP contribution in [0.15, 0.2) is 6.33 Å². The first-order chi connectivity index (χ1) is 8.59. The minimum atomic E-state index is -0.501. The lowest BCUT2D eigenvalue weighted by Crippen LogP contribution is -2.26. The zero-order chi connectivity index (χ0) is 13.1. The Hall–Kier alpha value is -1.92. The van der Waals surface area contributed by atoms with E-state index in [4.69, 9.17) is 5.73 Å². The van der Waals surface area contributed by atoms with Crippen LogP contribution in [0.1, 0.15) is 26.2 Å². The van der Waals surface area contributed by atoms with Gasteiger partial charge in [-0.05, 0) is 25.2 Å². The van der Waals surface area contributed by atoms with Gasteiger partial charge in [-0.1, -0.05) is 6.92 Å². The summed E-state index contributed by atoms with van der Waals surface area (Å²) in [5, 5.41) is 11.1. The van der Waals surface area contributed by atoms with Crippen molar-refractivity contribution in [3.8, 4) is 0 Å². The number of rotatable bonds is 2. The van der Waals surface area contributed by atoms with Crippen molar-refractivity contribution in [3.05, 3.63) is 16.4 Å². The first kappa shape index (κ1) is 12.5. The standard InChI is InChI=1S/C11H17N5O2/c1-8-3-2-5-15(6-4-8)11-9(16(17)18)10(12)13-7-14-11/h7-8H,2-6H2,1H3,(H2,12,13,14). The molecule has 1 aromatic heterocycles. The van der Waals surface area contributed by atoms with Gasteiger partial charge in [-0.3, -0.25) is 10.1 Å². The normalized spacial score (nSPS) is 20.5. The molecule has 1 fully saturated rings. The molecule has 1 unspecified atom stereocenters. The molecule has 1 aliphatic heterocycles. The lowest BCUT2D eigenvalue weighted by molar-refractivity contribution is -0.383. The molecule has 18 heavy (non-hydrogen) atoms. The topological polar surface area (TPSA) is 98.2 Å². The highest BCUT2D eigenvalue weighted by molar-refractivity contribution is 5.68. The lowest BCUT2D eigenvalue weighted by Gasteiger charge is -2.21. The largest absolute Gasteiger partial charge is 0.378 e. The van der Waals surface area contributed by atoms with Gasteiger partial charge in [-0.15, -0.1) is 0 Å². The molecule has 2 N–H and O–H groups in total. The van der Waals surface area contributed by atoms with Crippen molar-refractivity contribution in [1.82, 2.24) is 9.97 Å². The molecule has 2 heterocycles. The van der Waals surface area contributed by atoms with Gasteiger partial charge in [0.15, 0.2) is 0 Å². The zero-order valence-corrected chi connectivity index (χ0v) is 10.4. The zero-order valence-electron chi connectivity index (χ0n) is 10.4. The number of anilines is 2. The van der Waals surface area contributed by atoms with E-state index in [0.29, 0.717) is 11.7 Å². The van der Waals surface area contributed by atoms with E-state index in [1.54, 1.807) is 0 Å². The number of hydrogen-bond donors (Lipinski definition) is 1. The van der Waals surface area contributed by atoms with E-state index in [1.807, 2.05) is 4.90 Å². The van der Waals surface area contributed by atoms with Crippen LogP contribution in [0.25, 0.3) is 0 Å². The Labute approximate surface area is 105 Å². The second-order valence-corrected chi connectivity index (χ2v) is 4.71. The first-order valence-electron chi connectivity index (χ1n) is 6.09. The van der Waals surface area contributed by atoms with Crippen molar-refractivity contribution in [1.29, 1.82) is 0 Å². The van der Waals surface area contributed by atoms with E-state index in [2.05, 4.69) is 16.9 Å². The van der Waals surface area contributed by atoms with E-state index < -0.39 is 4.92 Å². The van der Waals surface area contributed by atoms with Crippen LogP contribution in [0.2, 0.25) is 0 Å². The average Bonchev–Trinajstić information content (AvgIpc) is 2.53. The van der Waals surface area contributed by atoms with Crippen LogP contribution in [0.3, 0.4) is 0 Å². The van der Waals surface area contributed by atoms with E-state index in [0.717, 1.165) is 32.4 Å². The maximum Gasteiger partial charge on any atom is 0.353 e. The average molecular weight is 251 g/mol. The third-order valence-corrected chi connectivity index (χ3v) is 3.33. The molecule has 2 rings (SSSR count). The van der Waals surface area contributed by atoms with Gasteiger partial charge < -0.3 is 10.6 Å². The molecule has 98 valence electrons. The van der Waals surface area contributed by atoms with Crippen molar-refractivity contribution >= 4 is 17.3 Å². The summed E-state index contributed by atoms with van der Waals surface area (Å²) < 4.78 is 0. The number of aromatic nitrogens is 2. The molecule has 1 saturated heterocycles. The summed E-state index contributed by atoms with van der Waals surface area (Å²) in [5.74, 6) is 0.928. The minimum absolute atomic E-state index is 0.0673. The van der Waals surface area contributed by atoms with E-state index >= 15 is 0 Å². The fraction of sp³-hybridized carbons (Fsp3) is 0.636. The lowest BCUT2D eigenvalue weighted by atomic mass is 10.0. The number of hydrogen-bond acceptors (Lipinski definition) is 6. The summed E-state index contributed by atoms with van der Waals surface area (Å²) >= 11 is 0. The van der Waals surface area contributed by atoms with Gasteiger partial charge >= 0.3 is 5.69 Å². The predicted molar refractivity (Wildman–Crippen MR) is 68.3 cm³/mol. The van der Waals surface area contributed by atoms with Crippen molar-refractivity contribution in [2.75, 3.05) is 23.7 Å². The van der Waals surface area contributed by atoms with Gasteiger partial charge in [0.25, 0.3) is 0 Å². The van der Waals surface area contributed by atoms with Crippen LogP contribution in [0, 0.1) is 16.0 Å². The Morgan fingerprint density at radius 1 is 1.44 bits per heavy atom. The van der Waals surface area contributed by atoms with Crippen molar-refractivity contribution in [2.24, 2.45) is 5.92 Å². The van der Waals surface area contributed by atoms with Crippen LogP contribution >= 0.6 is 0 Å². The molecular weight excluding hydrogens is 234 g/mol. The van der Waals surface area contributed by atoms with Gasteiger partial charge in [-0.25, -0.2) is 9.97 Å². The summed E-state index contributed by atoms with van der Waals surface area (Å²) in [4.78, 5) is 20.2. The summed E-state index contributed by atoms with van der Waals surface area (Å²) in [7, 11) is 0. The third-order valence-electron chi connectivity index (χ3n) is 3.33. The van der Waals surface area contributed by atoms with E-state index in [-0.39, 0.29) is 11.5 Å². The van der Waals surface area contributed by atoms with Gasteiger partial charge in [0.1, 0.15) is 6.33 Å². The Balaban J connectivity index is 2.32. The Morgan fingerprint density at radius 2 is 2.22 bits per heavy atom. The second-order valence-electron chi connectivity index (χ2n) is 4.71. The van der Waals surface area contributed by atoms with Crippen molar-refractivity contribution in [2.45, 2.75) is 26.2 Å². The van der Waals surface area contributed by atoms with Crippen molar-refractivity contribution in [3.63, 3.8) is 0 Å². The van der Waals surface area contributed by atoms with Crippen LogP contribution in [0.5, 0.6) is 0 Å². The maximum atomic E-state index is 11.1. The van der Waals surface area contributed by atoms with Gasteiger partial charge in [-0.2, -0.15) is 0 Å². The molecule has 1 atom stereocenters. The summed E-state index contributed by atoms with van der Waals surface area (Å²) in [6.45, 7) is 3.76. The Kier molecular flexibility index (Phi) is 3.59. The highest BCUT2D eigenvalue weighted by Gasteiger charge is 2.26. The highest BCUT2D eigenvalue weighted by atomic mass is 16.6. The third kappa shape index (κ3) is 2.49. The molecule has 7 heteroatoms. The highest BCUT2D eigenvalue weighted by Crippen LogP contribution is 2.31. The number of nitrogens with zero attached hydrogens (tertiary/aromatic N) is 4. The SMILES string of the molecule is CC1CCCN(c2ncnc(N)c2[N+](=O)[O-])CC1. The molecule has 0 amide bonds. The number of nitro groups is 1. The molecule has 1 aliphatic rings. The van der Waals surface area contributed by atoms with Crippen LogP contribution in [-0.4, -0.2) is 28.0 Å². The van der Waals surface area contributed by atoms with Crippen molar-refractivity contribution < 1.29 is 4.92 Å². The molecule has 0 radical (unpaired) electrons. The monoisotopic (exact) mass is 251 g/mol. The molecule has 7 nitrogen and oxygen atoms in total. The van der Waals surface area contributed by atoms with Gasteiger partial charge in [0, 0.05) is 13.1 Å². The Bertz CT molecular complexity index is 451. The molecule has 0 spiro atoms. The van der Waals surface area contributed by atoms with Gasteiger partial charge in [0.2, 0.25) is 11.6 Å². The maximum absolute atomic E-state index is 11.1. The van der Waals surface area contributed by atoms with Crippen LogP contribution in [-0.2, 0) is 0 Å². The predicted octanol–water partition coefficient (Wildman–Crippen LogP) is 1.59. The fourth-order valence-electron chi connectivity index (χ4n) is 2.26. The number of nitrogen functional groups attached to an aromatic ring is 1. The number of nitrogens with two attached hydrogens (primary N) is 1. The molecule has 0 saturated carbocycles. The quantitative estimate of drug-likeness (QED) is 0.633. The summed E-state index contributed by atoms with van der Waals surface area (Å²) in [6.07, 6.45) is 4.46. The molecule has 1 aromatic rings. The fourth-order valence-corrected chi connectivity index (χ4v) is 2.26.